The fraction of sp³-hybridized carbons (Fsp3) is 1.00. The maximum absolute atomic E-state index is 8.58. The average Bonchev–Trinajstić information content (AvgIpc) is 1.99. The molecule has 10 heavy (non-hydrogen) atoms. The van der Waals surface area contributed by atoms with Gasteiger partial charge < -0.3 is 5.11 Å². The van der Waals surface area contributed by atoms with Crippen molar-refractivity contribution in [2.75, 3.05) is 34.3 Å². The van der Waals surface area contributed by atoms with Crippen LogP contribution in [-0.4, -0.2) is 49.6 Å². The van der Waals surface area contributed by atoms with Crippen molar-refractivity contribution < 1.29 is 5.11 Å². The standard InChI is InChI=1S/C5H16N4O/c1-6-8(3)9(7-2)4-5-10/h6-7,10H,4-5H2,1-3H3. The van der Waals surface area contributed by atoms with Gasteiger partial charge in [0.15, 0.2) is 0 Å². The maximum Gasteiger partial charge on any atom is 0.0587 e. The molecule has 0 rings (SSSR count). The minimum atomic E-state index is 0.132. The van der Waals surface area contributed by atoms with Crippen molar-refractivity contribution in [3.05, 3.63) is 0 Å². The number of aliphatic hydroxyl groups is 1. The summed E-state index contributed by atoms with van der Waals surface area (Å²) in [6.07, 6.45) is 0. The predicted molar refractivity (Wildman–Crippen MR) is 39.7 cm³/mol. The molecule has 0 amide bonds. The van der Waals surface area contributed by atoms with E-state index in [1.54, 1.807) is 17.3 Å². The van der Waals surface area contributed by atoms with Crippen LogP contribution in [0.4, 0.5) is 0 Å². The lowest BCUT2D eigenvalue weighted by molar-refractivity contribution is -0.0832. The van der Waals surface area contributed by atoms with E-state index in [2.05, 4.69) is 10.9 Å². The highest BCUT2D eigenvalue weighted by atomic mass is 16.3. The van der Waals surface area contributed by atoms with Crippen molar-refractivity contribution >= 4 is 0 Å². The minimum Gasteiger partial charge on any atom is -0.395 e. The average molecular weight is 148 g/mol. The summed E-state index contributed by atoms with van der Waals surface area (Å²) in [6.45, 7) is 0.695. The molecule has 62 valence electrons. The maximum atomic E-state index is 8.58. The SMILES string of the molecule is CNN(C)N(CCO)NC. The first-order valence-electron chi connectivity index (χ1n) is 3.23. The third-order valence-corrected chi connectivity index (χ3v) is 1.26. The number of rotatable bonds is 5. The van der Waals surface area contributed by atoms with Gasteiger partial charge >= 0.3 is 0 Å². The third-order valence-electron chi connectivity index (χ3n) is 1.26. The fourth-order valence-electron chi connectivity index (χ4n) is 0.627. The summed E-state index contributed by atoms with van der Waals surface area (Å²) in [5, 5.41) is 12.1. The molecular weight excluding hydrogens is 132 g/mol. The predicted octanol–water partition coefficient (Wildman–Crippen LogP) is -1.60. The van der Waals surface area contributed by atoms with Gasteiger partial charge in [-0.2, -0.15) is 10.2 Å². The molecule has 0 heterocycles. The molecule has 5 heteroatoms. The van der Waals surface area contributed by atoms with Gasteiger partial charge in [0.05, 0.1) is 13.2 Å². The Kier molecular flexibility index (Phi) is 5.46. The molecule has 0 aromatic carbocycles. The van der Waals surface area contributed by atoms with Gasteiger partial charge in [0.1, 0.15) is 0 Å². The first-order chi connectivity index (χ1) is 4.76. The molecule has 0 aliphatic carbocycles. The number of hydrogen-bond acceptors (Lipinski definition) is 5. The highest BCUT2D eigenvalue weighted by Gasteiger charge is 2.03. The molecule has 0 saturated heterocycles. The van der Waals surface area contributed by atoms with Crippen molar-refractivity contribution in [1.29, 1.82) is 0 Å². The lowest BCUT2D eigenvalue weighted by Crippen LogP contribution is -2.53. The quantitative estimate of drug-likeness (QED) is 0.410. The summed E-state index contributed by atoms with van der Waals surface area (Å²) in [5.41, 5.74) is 5.78. The molecule has 0 spiro atoms. The van der Waals surface area contributed by atoms with Crippen molar-refractivity contribution in [3.63, 3.8) is 0 Å². The van der Waals surface area contributed by atoms with Crippen LogP contribution in [0.3, 0.4) is 0 Å². The van der Waals surface area contributed by atoms with Crippen LogP contribution in [0.1, 0.15) is 0 Å². The Balaban J connectivity index is 3.56. The molecule has 0 fully saturated rings. The van der Waals surface area contributed by atoms with E-state index in [4.69, 9.17) is 5.11 Å². The largest absolute Gasteiger partial charge is 0.395 e. The third kappa shape index (κ3) is 3.09. The van der Waals surface area contributed by atoms with Crippen LogP contribution in [0.2, 0.25) is 0 Å². The number of aliphatic hydroxyl groups excluding tert-OH is 1. The van der Waals surface area contributed by atoms with Gasteiger partial charge in [-0.1, -0.05) is 0 Å². The molecule has 0 radical (unpaired) electrons. The summed E-state index contributed by atoms with van der Waals surface area (Å²) < 4.78 is 0. The second-order valence-electron chi connectivity index (χ2n) is 1.82. The zero-order chi connectivity index (χ0) is 7.98. The van der Waals surface area contributed by atoms with Gasteiger partial charge in [0.25, 0.3) is 0 Å². The zero-order valence-corrected chi connectivity index (χ0v) is 6.76. The fourth-order valence-corrected chi connectivity index (χ4v) is 0.627. The molecule has 0 saturated carbocycles. The van der Waals surface area contributed by atoms with Gasteiger partial charge in [0.2, 0.25) is 0 Å². The van der Waals surface area contributed by atoms with Gasteiger partial charge in [-0.3, -0.25) is 0 Å². The lowest BCUT2D eigenvalue weighted by Gasteiger charge is -2.28. The van der Waals surface area contributed by atoms with Crippen molar-refractivity contribution in [3.8, 4) is 0 Å². The van der Waals surface area contributed by atoms with E-state index in [9.17, 15) is 0 Å². The first-order valence-corrected chi connectivity index (χ1v) is 3.23. The van der Waals surface area contributed by atoms with Crippen molar-refractivity contribution in [2.24, 2.45) is 0 Å². The smallest absolute Gasteiger partial charge is 0.0587 e. The molecule has 3 N–H and O–H groups in total. The van der Waals surface area contributed by atoms with Gasteiger partial charge in [-0.05, 0) is 0 Å². The molecule has 0 aromatic rings. The number of nitrogens with one attached hydrogen (secondary N) is 2. The van der Waals surface area contributed by atoms with E-state index in [1.165, 1.54) is 0 Å². The Hall–Kier alpha value is -0.200. The van der Waals surface area contributed by atoms with Gasteiger partial charge in [-0.15, -0.1) is 0 Å². The van der Waals surface area contributed by atoms with E-state index >= 15 is 0 Å². The Morgan fingerprint density at radius 3 is 2.20 bits per heavy atom. The van der Waals surface area contributed by atoms with Gasteiger partial charge in [-0.25, -0.2) is 10.9 Å². The van der Waals surface area contributed by atoms with Crippen LogP contribution in [0, 0.1) is 0 Å². The van der Waals surface area contributed by atoms with Crippen molar-refractivity contribution in [1.82, 2.24) is 21.1 Å². The topological polar surface area (TPSA) is 50.8 Å². The Morgan fingerprint density at radius 1 is 1.30 bits per heavy atom. The Labute approximate surface area is 61.5 Å². The molecule has 0 atom stereocenters. The molecule has 0 aliphatic heterocycles. The molecule has 0 unspecified atom stereocenters. The molecule has 0 aliphatic rings. The van der Waals surface area contributed by atoms with E-state index in [0.717, 1.165) is 0 Å². The second-order valence-corrected chi connectivity index (χ2v) is 1.82. The summed E-state index contributed by atoms with van der Waals surface area (Å²) in [4.78, 5) is 0. The summed E-state index contributed by atoms with van der Waals surface area (Å²) in [7, 11) is 5.46. The minimum absolute atomic E-state index is 0.132. The Morgan fingerprint density at radius 2 is 1.90 bits per heavy atom. The highest BCUT2D eigenvalue weighted by Crippen LogP contribution is 1.81. The summed E-state index contributed by atoms with van der Waals surface area (Å²) in [5.74, 6) is 0. The molecular formula is C5H16N4O. The molecule has 5 nitrogen and oxygen atoms in total. The van der Waals surface area contributed by atoms with Crippen molar-refractivity contribution in [2.45, 2.75) is 0 Å². The normalized spacial score (nSPS) is 11.4. The van der Waals surface area contributed by atoms with E-state index < -0.39 is 0 Å². The summed E-state index contributed by atoms with van der Waals surface area (Å²) in [6, 6.07) is 0. The summed E-state index contributed by atoms with van der Waals surface area (Å²) >= 11 is 0. The number of hydrogen-bond donors (Lipinski definition) is 3. The lowest BCUT2D eigenvalue weighted by atomic mass is 10.7. The second kappa shape index (κ2) is 5.57. The van der Waals surface area contributed by atoms with Crippen LogP contribution in [0.25, 0.3) is 0 Å². The van der Waals surface area contributed by atoms with Crippen LogP contribution in [0.15, 0.2) is 0 Å². The molecule has 0 aromatic heterocycles. The Bertz CT molecular complexity index is 80.0. The van der Waals surface area contributed by atoms with Crippen LogP contribution >= 0.6 is 0 Å². The highest BCUT2D eigenvalue weighted by molar-refractivity contribution is 4.38. The first kappa shape index (κ1) is 9.80. The monoisotopic (exact) mass is 148 g/mol. The number of nitrogens with zero attached hydrogens (tertiary/aromatic N) is 2. The van der Waals surface area contributed by atoms with Gasteiger partial charge in [0, 0.05) is 21.1 Å². The van der Waals surface area contributed by atoms with E-state index in [1.807, 2.05) is 14.1 Å². The van der Waals surface area contributed by atoms with E-state index in [-0.39, 0.29) is 6.61 Å². The zero-order valence-electron chi connectivity index (χ0n) is 6.76. The van der Waals surface area contributed by atoms with E-state index in [0.29, 0.717) is 6.54 Å². The number of hydrazine groups is 3. The van der Waals surface area contributed by atoms with Crippen LogP contribution in [-0.2, 0) is 0 Å². The van der Waals surface area contributed by atoms with Crippen LogP contribution < -0.4 is 10.9 Å². The van der Waals surface area contributed by atoms with Crippen LogP contribution in [0.5, 0.6) is 0 Å². The molecule has 0 bridgehead atoms.